The van der Waals surface area contributed by atoms with Crippen LogP contribution < -0.4 is 5.32 Å². The van der Waals surface area contributed by atoms with Crippen LogP contribution in [0, 0.1) is 12.8 Å². The van der Waals surface area contributed by atoms with Crippen LogP contribution >= 0.6 is 0 Å². The molecule has 3 rings (SSSR count). The van der Waals surface area contributed by atoms with Crippen LogP contribution in [-0.2, 0) is 17.6 Å². The van der Waals surface area contributed by atoms with Crippen LogP contribution in [0.2, 0.25) is 0 Å². The zero-order valence-electron chi connectivity index (χ0n) is 10.8. The van der Waals surface area contributed by atoms with Gasteiger partial charge >= 0.3 is 0 Å². The molecule has 0 saturated carbocycles. The summed E-state index contributed by atoms with van der Waals surface area (Å²) in [5, 5.41) is 2.94. The lowest BCUT2D eigenvalue weighted by molar-refractivity contribution is -0.120. The van der Waals surface area contributed by atoms with E-state index in [9.17, 15) is 4.79 Å². The third-order valence-corrected chi connectivity index (χ3v) is 3.48. The Morgan fingerprint density at radius 2 is 2.21 bits per heavy atom. The molecule has 98 valence electrons. The van der Waals surface area contributed by atoms with Crippen molar-refractivity contribution < 1.29 is 4.79 Å². The second-order valence-electron chi connectivity index (χ2n) is 4.91. The summed E-state index contributed by atoms with van der Waals surface area (Å²) in [6.07, 6.45) is 5.81. The molecule has 5 heteroatoms. The highest BCUT2D eigenvalue weighted by Crippen LogP contribution is 2.24. The van der Waals surface area contributed by atoms with Gasteiger partial charge in [0.15, 0.2) is 0 Å². The first-order valence-corrected chi connectivity index (χ1v) is 6.47. The van der Waals surface area contributed by atoms with Crippen molar-refractivity contribution in [3.05, 3.63) is 41.7 Å². The fourth-order valence-electron chi connectivity index (χ4n) is 2.53. The molecular formula is C14H16N4O. The SMILES string of the molecule is Cc1nc2c([nH]1)CC(C(=O)Nc1ccncc1)CC2. The maximum atomic E-state index is 12.2. The highest BCUT2D eigenvalue weighted by Gasteiger charge is 2.26. The maximum Gasteiger partial charge on any atom is 0.227 e. The van der Waals surface area contributed by atoms with Gasteiger partial charge in [0.1, 0.15) is 5.82 Å². The van der Waals surface area contributed by atoms with Crippen molar-refractivity contribution in [2.45, 2.75) is 26.2 Å². The highest BCUT2D eigenvalue weighted by atomic mass is 16.1. The zero-order chi connectivity index (χ0) is 13.2. The zero-order valence-corrected chi connectivity index (χ0v) is 10.8. The molecule has 2 aromatic rings. The normalized spacial score (nSPS) is 17.8. The minimum atomic E-state index is 0.0144. The van der Waals surface area contributed by atoms with E-state index in [1.807, 2.05) is 6.92 Å². The van der Waals surface area contributed by atoms with E-state index in [0.717, 1.165) is 42.2 Å². The first kappa shape index (κ1) is 11.9. The van der Waals surface area contributed by atoms with Crippen molar-refractivity contribution in [1.82, 2.24) is 15.0 Å². The van der Waals surface area contributed by atoms with E-state index in [2.05, 4.69) is 20.3 Å². The average molecular weight is 256 g/mol. The summed E-state index contributed by atoms with van der Waals surface area (Å²) in [6.45, 7) is 1.95. The molecule has 0 bridgehead atoms. The van der Waals surface area contributed by atoms with Gasteiger partial charge in [0.05, 0.1) is 5.69 Å². The number of hydrogen-bond donors (Lipinski definition) is 2. The van der Waals surface area contributed by atoms with E-state index >= 15 is 0 Å². The number of pyridine rings is 1. The van der Waals surface area contributed by atoms with Crippen LogP contribution in [-0.4, -0.2) is 20.9 Å². The predicted octanol–water partition coefficient (Wildman–Crippen LogP) is 1.86. The fourth-order valence-corrected chi connectivity index (χ4v) is 2.53. The molecule has 1 aliphatic rings. The van der Waals surface area contributed by atoms with Crippen molar-refractivity contribution in [2.75, 3.05) is 5.32 Å². The first-order chi connectivity index (χ1) is 9.22. The Bertz CT molecular complexity index is 591. The number of aromatic nitrogens is 3. The van der Waals surface area contributed by atoms with Gasteiger partial charge in [-0.25, -0.2) is 4.98 Å². The van der Waals surface area contributed by atoms with E-state index < -0.39 is 0 Å². The van der Waals surface area contributed by atoms with E-state index in [4.69, 9.17) is 0 Å². The van der Waals surface area contributed by atoms with Gasteiger partial charge in [-0.2, -0.15) is 0 Å². The number of H-pyrrole nitrogens is 1. The number of imidazole rings is 1. The molecular weight excluding hydrogens is 240 g/mol. The number of nitrogens with one attached hydrogen (secondary N) is 2. The number of carbonyl (C=O) groups is 1. The summed E-state index contributed by atoms with van der Waals surface area (Å²) in [4.78, 5) is 23.8. The standard InChI is InChI=1S/C14H16N4O/c1-9-16-12-3-2-10(8-13(12)17-9)14(19)18-11-4-6-15-7-5-11/h4-7,10H,2-3,8H2,1H3,(H,16,17)(H,15,18,19). The van der Waals surface area contributed by atoms with E-state index in [0.29, 0.717) is 0 Å². The molecule has 2 aromatic heterocycles. The molecule has 1 atom stereocenters. The van der Waals surface area contributed by atoms with Gasteiger partial charge in [0.2, 0.25) is 5.91 Å². The van der Waals surface area contributed by atoms with E-state index in [1.165, 1.54) is 0 Å². The van der Waals surface area contributed by atoms with Crippen LogP contribution in [0.4, 0.5) is 5.69 Å². The van der Waals surface area contributed by atoms with Gasteiger partial charge < -0.3 is 10.3 Å². The summed E-state index contributed by atoms with van der Waals surface area (Å²) in [6, 6.07) is 3.60. The Kier molecular flexibility index (Phi) is 3.03. The number of carbonyl (C=O) groups excluding carboxylic acids is 1. The topological polar surface area (TPSA) is 70.7 Å². The average Bonchev–Trinajstić information content (AvgIpc) is 2.78. The van der Waals surface area contributed by atoms with Crippen LogP contribution in [0.1, 0.15) is 23.6 Å². The van der Waals surface area contributed by atoms with Crippen LogP contribution in [0.15, 0.2) is 24.5 Å². The second kappa shape index (κ2) is 4.84. The maximum absolute atomic E-state index is 12.2. The molecule has 1 unspecified atom stereocenters. The molecule has 0 aliphatic heterocycles. The number of nitrogens with zero attached hydrogens (tertiary/aromatic N) is 2. The predicted molar refractivity (Wildman–Crippen MR) is 71.7 cm³/mol. The highest BCUT2D eigenvalue weighted by molar-refractivity contribution is 5.92. The van der Waals surface area contributed by atoms with Crippen molar-refractivity contribution in [1.29, 1.82) is 0 Å². The molecule has 0 spiro atoms. The lowest BCUT2D eigenvalue weighted by Gasteiger charge is -2.20. The van der Waals surface area contributed by atoms with Gasteiger partial charge in [0.25, 0.3) is 0 Å². The smallest absolute Gasteiger partial charge is 0.227 e. The number of anilines is 1. The van der Waals surface area contributed by atoms with Gasteiger partial charge in [-0.1, -0.05) is 0 Å². The molecule has 0 aromatic carbocycles. The summed E-state index contributed by atoms with van der Waals surface area (Å²) in [5.41, 5.74) is 3.02. The fraction of sp³-hybridized carbons (Fsp3) is 0.357. The monoisotopic (exact) mass is 256 g/mol. The second-order valence-corrected chi connectivity index (χ2v) is 4.91. The van der Waals surface area contributed by atoms with E-state index in [1.54, 1.807) is 24.5 Å². The lowest BCUT2D eigenvalue weighted by atomic mass is 9.89. The molecule has 0 saturated heterocycles. The van der Waals surface area contributed by atoms with E-state index in [-0.39, 0.29) is 11.8 Å². The third-order valence-electron chi connectivity index (χ3n) is 3.48. The van der Waals surface area contributed by atoms with Crippen molar-refractivity contribution in [3.8, 4) is 0 Å². The number of aryl methyl sites for hydroxylation is 2. The minimum Gasteiger partial charge on any atom is -0.346 e. The largest absolute Gasteiger partial charge is 0.346 e. The Hall–Kier alpha value is -2.17. The van der Waals surface area contributed by atoms with Gasteiger partial charge in [-0.05, 0) is 31.9 Å². The molecule has 5 nitrogen and oxygen atoms in total. The van der Waals surface area contributed by atoms with Crippen LogP contribution in [0.3, 0.4) is 0 Å². The summed E-state index contributed by atoms with van der Waals surface area (Å²) in [5.74, 6) is 1.02. The van der Waals surface area contributed by atoms with Crippen molar-refractivity contribution in [3.63, 3.8) is 0 Å². The quantitative estimate of drug-likeness (QED) is 0.861. The number of aromatic amines is 1. The molecule has 1 aliphatic carbocycles. The van der Waals surface area contributed by atoms with Crippen LogP contribution in [0.5, 0.6) is 0 Å². The molecule has 1 amide bonds. The number of hydrogen-bond acceptors (Lipinski definition) is 3. The first-order valence-electron chi connectivity index (χ1n) is 6.47. The number of fused-ring (bicyclic) bond motifs is 1. The Labute approximate surface area is 111 Å². The Balaban J connectivity index is 1.69. The summed E-state index contributed by atoms with van der Waals surface area (Å²) >= 11 is 0. The van der Waals surface area contributed by atoms with Crippen molar-refractivity contribution in [2.24, 2.45) is 5.92 Å². The van der Waals surface area contributed by atoms with Crippen LogP contribution in [0.25, 0.3) is 0 Å². The Morgan fingerprint density at radius 1 is 1.42 bits per heavy atom. The molecule has 2 N–H and O–H groups in total. The van der Waals surface area contributed by atoms with Gasteiger partial charge in [-0.15, -0.1) is 0 Å². The van der Waals surface area contributed by atoms with Gasteiger partial charge in [0, 0.05) is 36.1 Å². The summed E-state index contributed by atoms with van der Waals surface area (Å²) in [7, 11) is 0. The third kappa shape index (κ3) is 2.50. The molecule has 0 radical (unpaired) electrons. The Morgan fingerprint density at radius 3 is 3.00 bits per heavy atom. The number of amides is 1. The molecule has 0 fully saturated rings. The molecule has 2 heterocycles. The van der Waals surface area contributed by atoms with Gasteiger partial charge in [-0.3, -0.25) is 9.78 Å². The number of rotatable bonds is 2. The lowest BCUT2D eigenvalue weighted by Crippen LogP contribution is -2.28. The van der Waals surface area contributed by atoms with Crippen molar-refractivity contribution >= 4 is 11.6 Å². The minimum absolute atomic E-state index is 0.0144. The summed E-state index contributed by atoms with van der Waals surface area (Å²) < 4.78 is 0. The molecule has 19 heavy (non-hydrogen) atoms.